The summed E-state index contributed by atoms with van der Waals surface area (Å²) in [5.74, 6) is 0.260. The molecule has 2 aromatic heterocycles. The molecule has 2 N–H and O–H groups in total. The van der Waals surface area contributed by atoms with Crippen molar-refractivity contribution in [2.75, 3.05) is 17.7 Å². The molecule has 0 fully saturated rings. The number of carbonyl (C=O) groups is 1. The van der Waals surface area contributed by atoms with Gasteiger partial charge in [-0.05, 0) is 24.7 Å². The molecule has 2 rings (SSSR count). The summed E-state index contributed by atoms with van der Waals surface area (Å²) in [5.41, 5.74) is 0.490. The maximum Gasteiger partial charge on any atom is 0.340 e. The fraction of sp³-hybridized carbons (Fsp3) is 0.308. The van der Waals surface area contributed by atoms with Gasteiger partial charge in [0.05, 0.1) is 12.7 Å². The Balaban J connectivity index is 2.12. The largest absolute Gasteiger partial charge is 0.465 e. The minimum absolute atomic E-state index is 0.378. The van der Waals surface area contributed by atoms with Crippen molar-refractivity contribution < 1.29 is 9.53 Å². The minimum atomic E-state index is -0.380. The van der Waals surface area contributed by atoms with Crippen molar-refractivity contribution in [2.45, 2.75) is 13.3 Å². The molecule has 2 heterocycles. The van der Waals surface area contributed by atoms with Crippen LogP contribution in [0.15, 0.2) is 18.3 Å². The lowest BCUT2D eigenvalue weighted by molar-refractivity contribution is 0.0602. The molecule has 0 amide bonds. The Kier molecular flexibility index (Phi) is 4.92. The van der Waals surface area contributed by atoms with Crippen molar-refractivity contribution in [3.63, 3.8) is 0 Å². The number of nitrogens with one attached hydrogen (secondary N) is 2. The lowest BCUT2D eigenvalue weighted by atomic mass is 10.2. The monoisotopic (exact) mass is 324 g/mol. The summed E-state index contributed by atoms with van der Waals surface area (Å²) in [6.45, 7) is 2.03. The maximum absolute atomic E-state index is 11.8. The topological polar surface area (TPSA) is 68.2 Å². The summed E-state index contributed by atoms with van der Waals surface area (Å²) in [5, 5.41) is 11.2. The zero-order valence-corrected chi connectivity index (χ0v) is 13.6. The predicted octanol–water partition coefficient (Wildman–Crippen LogP) is 2.64. The van der Waals surface area contributed by atoms with Crippen LogP contribution < -0.4 is 10.6 Å². The number of hydrogen-bond donors (Lipinski definition) is 2. The second kappa shape index (κ2) is 6.68. The van der Waals surface area contributed by atoms with E-state index in [1.165, 1.54) is 18.4 Å². The smallest absolute Gasteiger partial charge is 0.340 e. The maximum atomic E-state index is 11.8. The Morgan fingerprint density at radius 2 is 2.29 bits per heavy atom. The lowest BCUT2D eigenvalue weighted by Gasteiger charge is -2.08. The average Bonchev–Trinajstić information content (AvgIpc) is 3.04. The molecule has 6 nitrogen and oxygen atoms in total. The molecule has 8 heteroatoms. The molecule has 2 aromatic rings. The number of thiocarbonyl (C=S) groups is 1. The average molecular weight is 324 g/mol. The molecule has 0 aromatic carbocycles. The number of ether oxygens (including phenoxy) is 1. The van der Waals surface area contributed by atoms with Gasteiger partial charge in [-0.3, -0.25) is 4.68 Å². The molecule has 0 aliphatic carbocycles. The van der Waals surface area contributed by atoms with Crippen LogP contribution >= 0.6 is 23.6 Å². The number of aryl methyl sites for hydroxylation is 2. The number of thiophene rings is 1. The van der Waals surface area contributed by atoms with Crippen LogP contribution in [-0.2, 0) is 18.2 Å². The van der Waals surface area contributed by atoms with E-state index >= 15 is 0 Å². The van der Waals surface area contributed by atoms with Crippen LogP contribution in [0.2, 0.25) is 0 Å². The summed E-state index contributed by atoms with van der Waals surface area (Å²) in [4.78, 5) is 12.9. The number of rotatable bonds is 4. The first kappa shape index (κ1) is 15.5. The van der Waals surface area contributed by atoms with Gasteiger partial charge in [-0.15, -0.1) is 11.3 Å². The molecule has 0 atom stereocenters. The first-order valence-electron chi connectivity index (χ1n) is 6.32. The van der Waals surface area contributed by atoms with Crippen molar-refractivity contribution >= 4 is 45.5 Å². The summed E-state index contributed by atoms with van der Waals surface area (Å²) in [6, 6.07) is 3.63. The van der Waals surface area contributed by atoms with Gasteiger partial charge in [0.15, 0.2) is 10.9 Å². The molecular formula is C13H16N4O2S2. The molecule has 0 spiro atoms. The third-order valence-electron chi connectivity index (χ3n) is 2.72. The van der Waals surface area contributed by atoms with Gasteiger partial charge in [0, 0.05) is 24.2 Å². The standard InChI is InChI=1S/C13H16N4O2S2/c1-4-8-7-9(12(18)19-3)11(21-8)15-13(20)14-10-5-6-17(2)16-10/h5-7H,4H2,1-3H3,(H2,14,15,16,20). The van der Waals surface area contributed by atoms with Crippen molar-refractivity contribution in [1.82, 2.24) is 9.78 Å². The number of esters is 1. The van der Waals surface area contributed by atoms with Crippen LogP contribution in [0.1, 0.15) is 22.2 Å². The highest BCUT2D eigenvalue weighted by atomic mass is 32.1. The van der Waals surface area contributed by atoms with Crippen LogP contribution in [-0.4, -0.2) is 28.0 Å². The molecule has 0 saturated heterocycles. The molecule has 0 unspecified atom stereocenters. The van der Waals surface area contributed by atoms with Gasteiger partial charge >= 0.3 is 5.97 Å². The number of hydrogen-bond acceptors (Lipinski definition) is 5. The molecule has 21 heavy (non-hydrogen) atoms. The lowest BCUT2D eigenvalue weighted by Crippen LogP contribution is -2.20. The molecule has 0 radical (unpaired) electrons. The fourth-order valence-electron chi connectivity index (χ4n) is 1.70. The van der Waals surface area contributed by atoms with Crippen molar-refractivity contribution in [2.24, 2.45) is 7.05 Å². The predicted molar refractivity (Wildman–Crippen MR) is 88.1 cm³/mol. The van der Waals surface area contributed by atoms with E-state index in [-0.39, 0.29) is 5.97 Å². The van der Waals surface area contributed by atoms with Gasteiger partial charge in [0.1, 0.15) is 5.00 Å². The fourth-order valence-corrected chi connectivity index (χ4v) is 2.96. The van der Waals surface area contributed by atoms with Crippen molar-refractivity contribution in [1.29, 1.82) is 0 Å². The van der Waals surface area contributed by atoms with Crippen LogP contribution in [0.4, 0.5) is 10.8 Å². The highest BCUT2D eigenvalue weighted by Crippen LogP contribution is 2.29. The summed E-state index contributed by atoms with van der Waals surface area (Å²) in [7, 11) is 3.18. The molecule has 0 bridgehead atoms. The number of anilines is 2. The second-order valence-electron chi connectivity index (χ2n) is 4.25. The Morgan fingerprint density at radius 3 is 2.86 bits per heavy atom. The third-order valence-corrected chi connectivity index (χ3v) is 4.12. The van der Waals surface area contributed by atoms with Gasteiger partial charge in [0.2, 0.25) is 0 Å². The SMILES string of the molecule is CCc1cc(C(=O)OC)c(NC(=S)Nc2ccn(C)n2)s1. The van der Waals surface area contributed by atoms with E-state index < -0.39 is 0 Å². The van der Waals surface area contributed by atoms with Crippen LogP contribution in [0.3, 0.4) is 0 Å². The van der Waals surface area contributed by atoms with Gasteiger partial charge in [-0.1, -0.05) is 6.92 Å². The van der Waals surface area contributed by atoms with Gasteiger partial charge < -0.3 is 15.4 Å². The van der Waals surface area contributed by atoms with Crippen LogP contribution in [0.5, 0.6) is 0 Å². The highest BCUT2D eigenvalue weighted by Gasteiger charge is 2.17. The van der Waals surface area contributed by atoms with Crippen LogP contribution in [0.25, 0.3) is 0 Å². The Morgan fingerprint density at radius 1 is 1.52 bits per heavy atom. The molecule has 0 aliphatic rings. The van der Waals surface area contributed by atoms with E-state index in [0.29, 0.717) is 21.5 Å². The van der Waals surface area contributed by atoms with E-state index in [0.717, 1.165) is 11.3 Å². The van der Waals surface area contributed by atoms with E-state index in [1.54, 1.807) is 10.7 Å². The molecule has 112 valence electrons. The second-order valence-corrected chi connectivity index (χ2v) is 5.80. The van der Waals surface area contributed by atoms with E-state index in [1.807, 2.05) is 26.2 Å². The van der Waals surface area contributed by atoms with Gasteiger partial charge in [0.25, 0.3) is 0 Å². The van der Waals surface area contributed by atoms with Gasteiger partial charge in [-0.25, -0.2) is 4.79 Å². The third kappa shape index (κ3) is 3.79. The molecular weight excluding hydrogens is 308 g/mol. The Hall–Kier alpha value is -1.93. The first-order chi connectivity index (χ1) is 10.0. The van der Waals surface area contributed by atoms with Crippen LogP contribution in [0, 0.1) is 0 Å². The quantitative estimate of drug-likeness (QED) is 0.666. The zero-order valence-electron chi connectivity index (χ0n) is 12.0. The number of nitrogens with zero attached hydrogens (tertiary/aromatic N) is 2. The Bertz CT molecular complexity index is 663. The number of aromatic nitrogens is 2. The van der Waals surface area contributed by atoms with Crippen molar-refractivity contribution in [3.05, 3.63) is 28.8 Å². The van der Waals surface area contributed by atoms with E-state index in [2.05, 4.69) is 15.7 Å². The summed E-state index contributed by atoms with van der Waals surface area (Å²) < 4.78 is 6.46. The number of methoxy groups -OCH3 is 1. The minimum Gasteiger partial charge on any atom is -0.465 e. The summed E-state index contributed by atoms with van der Waals surface area (Å²) >= 11 is 6.72. The molecule has 0 saturated carbocycles. The van der Waals surface area contributed by atoms with Gasteiger partial charge in [-0.2, -0.15) is 5.10 Å². The van der Waals surface area contributed by atoms with E-state index in [9.17, 15) is 4.79 Å². The number of carbonyl (C=O) groups excluding carboxylic acids is 1. The Labute approximate surface area is 132 Å². The first-order valence-corrected chi connectivity index (χ1v) is 7.54. The zero-order chi connectivity index (χ0) is 15.4. The normalized spacial score (nSPS) is 10.2. The molecule has 0 aliphatic heterocycles. The summed E-state index contributed by atoms with van der Waals surface area (Å²) in [6.07, 6.45) is 2.65. The van der Waals surface area contributed by atoms with E-state index in [4.69, 9.17) is 17.0 Å². The van der Waals surface area contributed by atoms with Crippen molar-refractivity contribution in [3.8, 4) is 0 Å². The highest BCUT2D eigenvalue weighted by molar-refractivity contribution is 7.80.